The molecular formula is C15H21N3O3S. The van der Waals surface area contributed by atoms with Crippen LogP contribution in [0, 0.1) is 0 Å². The van der Waals surface area contributed by atoms with E-state index in [0.29, 0.717) is 24.4 Å². The zero-order chi connectivity index (χ0) is 15.7. The topological polar surface area (TPSA) is 69.7 Å². The highest BCUT2D eigenvalue weighted by molar-refractivity contribution is 7.89. The maximum Gasteiger partial charge on any atom is 0.243 e. The number of benzene rings is 1. The SMILES string of the molecule is CN1CCN(S(=O)(=O)c2ccc3c(c2)CCCC(=O)N3)CC1. The van der Waals surface area contributed by atoms with Gasteiger partial charge in [0.25, 0.3) is 0 Å². The molecule has 0 aliphatic carbocycles. The Morgan fingerprint density at radius 3 is 2.55 bits per heavy atom. The lowest BCUT2D eigenvalue weighted by atomic mass is 10.1. The number of anilines is 1. The van der Waals surface area contributed by atoms with Crippen molar-refractivity contribution in [1.29, 1.82) is 0 Å². The van der Waals surface area contributed by atoms with Crippen LogP contribution in [0.4, 0.5) is 5.69 Å². The second-order valence-corrected chi connectivity index (χ2v) is 7.87. The molecule has 1 aromatic carbocycles. The largest absolute Gasteiger partial charge is 0.326 e. The molecule has 1 saturated heterocycles. The van der Waals surface area contributed by atoms with Crippen LogP contribution in [0.15, 0.2) is 23.1 Å². The quantitative estimate of drug-likeness (QED) is 0.878. The first-order chi connectivity index (χ1) is 10.5. The first-order valence-electron chi connectivity index (χ1n) is 7.58. The lowest BCUT2D eigenvalue weighted by Crippen LogP contribution is -2.47. The number of aryl methyl sites for hydroxylation is 1. The van der Waals surface area contributed by atoms with Crippen LogP contribution in [-0.2, 0) is 21.2 Å². The number of sulfonamides is 1. The molecule has 3 rings (SSSR count). The molecule has 2 aliphatic rings. The number of amides is 1. The normalized spacial score (nSPS) is 21.0. The lowest BCUT2D eigenvalue weighted by Gasteiger charge is -2.31. The van der Waals surface area contributed by atoms with Crippen LogP contribution in [0.2, 0.25) is 0 Å². The zero-order valence-electron chi connectivity index (χ0n) is 12.7. The predicted octanol–water partition coefficient (Wildman–Crippen LogP) is 0.897. The average molecular weight is 323 g/mol. The van der Waals surface area contributed by atoms with E-state index in [4.69, 9.17) is 0 Å². The van der Waals surface area contributed by atoms with Gasteiger partial charge in [-0.05, 0) is 43.7 Å². The van der Waals surface area contributed by atoms with E-state index in [2.05, 4.69) is 10.2 Å². The molecule has 22 heavy (non-hydrogen) atoms. The first kappa shape index (κ1) is 15.5. The molecule has 0 aromatic heterocycles. The number of carbonyl (C=O) groups excluding carboxylic acids is 1. The summed E-state index contributed by atoms with van der Waals surface area (Å²) in [5.74, 6) is -0.00609. The third kappa shape index (κ3) is 3.02. The van der Waals surface area contributed by atoms with Gasteiger partial charge >= 0.3 is 0 Å². The van der Waals surface area contributed by atoms with Crippen molar-refractivity contribution in [2.24, 2.45) is 0 Å². The molecule has 1 N–H and O–H groups in total. The van der Waals surface area contributed by atoms with Gasteiger partial charge in [0.1, 0.15) is 0 Å². The molecule has 0 unspecified atom stereocenters. The Balaban J connectivity index is 1.88. The van der Waals surface area contributed by atoms with Crippen molar-refractivity contribution >= 4 is 21.6 Å². The molecule has 0 saturated carbocycles. The molecule has 1 aromatic rings. The molecule has 1 amide bonds. The minimum Gasteiger partial charge on any atom is -0.326 e. The third-order valence-corrected chi connectivity index (χ3v) is 6.20. The zero-order valence-corrected chi connectivity index (χ0v) is 13.5. The van der Waals surface area contributed by atoms with Crippen LogP contribution in [-0.4, -0.2) is 56.8 Å². The van der Waals surface area contributed by atoms with E-state index >= 15 is 0 Å². The second kappa shape index (κ2) is 5.98. The van der Waals surface area contributed by atoms with Gasteiger partial charge in [-0.15, -0.1) is 0 Å². The average Bonchev–Trinajstić information content (AvgIpc) is 2.67. The minimum absolute atomic E-state index is 0.00609. The summed E-state index contributed by atoms with van der Waals surface area (Å²) in [5.41, 5.74) is 1.64. The van der Waals surface area contributed by atoms with Crippen molar-refractivity contribution in [3.63, 3.8) is 0 Å². The van der Waals surface area contributed by atoms with Crippen molar-refractivity contribution in [2.75, 3.05) is 38.5 Å². The van der Waals surface area contributed by atoms with Gasteiger partial charge in [0, 0.05) is 38.3 Å². The van der Waals surface area contributed by atoms with Gasteiger partial charge in [-0.3, -0.25) is 4.79 Å². The molecule has 1 fully saturated rings. The van der Waals surface area contributed by atoms with E-state index < -0.39 is 10.0 Å². The number of nitrogens with one attached hydrogen (secondary N) is 1. The summed E-state index contributed by atoms with van der Waals surface area (Å²) in [4.78, 5) is 14.0. The Hall–Kier alpha value is -1.44. The first-order valence-corrected chi connectivity index (χ1v) is 9.02. The van der Waals surface area contributed by atoms with E-state index in [1.54, 1.807) is 22.5 Å². The fourth-order valence-corrected chi connectivity index (χ4v) is 4.36. The molecule has 0 spiro atoms. The van der Waals surface area contributed by atoms with E-state index in [1.165, 1.54) is 0 Å². The monoisotopic (exact) mass is 323 g/mol. The van der Waals surface area contributed by atoms with Crippen LogP contribution in [0.1, 0.15) is 18.4 Å². The Bertz CT molecular complexity index is 679. The molecule has 6 nitrogen and oxygen atoms in total. The van der Waals surface area contributed by atoms with Crippen molar-refractivity contribution < 1.29 is 13.2 Å². The van der Waals surface area contributed by atoms with Gasteiger partial charge < -0.3 is 10.2 Å². The van der Waals surface area contributed by atoms with Crippen LogP contribution in [0.25, 0.3) is 0 Å². The summed E-state index contributed by atoms with van der Waals surface area (Å²) < 4.78 is 27.0. The van der Waals surface area contributed by atoms with Crippen LogP contribution < -0.4 is 5.32 Å². The smallest absolute Gasteiger partial charge is 0.243 e. The summed E-state index contributed by atoms with van der Waals surface area (Å²) in [6.07, 6.45) is 1.95. The Labute approximate surface area is 131 Å². The number of carbonyl (C=O) groups is 1. The van der Waals surface area contributed by atoms with Crippen molar-refractivity contribution in [3.8, 4) is 0 Å². The Morgan fingerprint density at radius 1 is 1.09 bits per heavy atom. The number of hydrogen-bond acceptors (Lipinski definition) is 4. The lowest BCUT2D eigenvalue weighted by molar-refractivity contribution is -0.116. The van der Waals surface area contributed by atoms with Crippen LogP contribution >= 0.6 is 0 Å². The fraction of sp³-hybridized carbons (Fsp3) is 0.533. The van der Waals surface area contributed by atoms with Gasteiger partial charge in [-0.25, -0.2) is 8.42 Å². The standard InChI is InChI=1S/C15H21N3O3S/c1-17-7-9-18(10-8-17)22(20,21)13-5-6-14-12(11-13)3-2-4-15(19)16-14/h5-6,11H,2-4,7-10H2,1H3,(H,16,19). The summed E-state index contributed by atoms with van der Waals surface area (Å²) in [6, 6.07) is 5.02. The Kier molecular flexibility index (Phi) is 4.20. The molecule has 7 heteroatoms. The summed E-state index contributed by atoms with van der Waals surface area (Å²) in [7, 11) is -1.46. The second-order valence-electron chi connectivity index (χ2n) is 5.93. The van der Waals surface area contributed by atoms with Crippen LogP contribution in [0.3, 0.4) is 0 Å². The third-order valence-electron chi connectivity index (χ3n) is 4.30. The summed E-state index contributed by atoms with van der Waals surface area (Å²) in [5, 5.41) is 2.83. The van der Waals surface area contributed by atoms with E-state index in [-0.39, 0.29) is 5.91 Å². The van der Waals surface area contributed by atoms with E-state index in [9.17, 15) is 13.2 Å². The highest BCUT2D eigenvalue weighted by atomic mass is 32.2. The minimum atomic E-state index is -3.45. The summed E-state index contributed by atoms with van der Waals surface area (Å²) in [6.45, 7) is 2.54. The Morgan fingerprint density at radius 2 is 1.82 bits per heavy atom. The van der Waals surface area contributed by atoms with Crippen molar-refractivity contribution in [1.82, 2.24) is 9.21 Å². The number of hydrogen-bond donors (Lipinski definition) is 1. The molecular weight excluding hydrogens is 302 g/mol. The van der Waals surface area contributed by atoms with Crippen molar-refractivity contribution in [2.45, 2.75) is 24.2 Å². The van der Waals surface area contributed by atoms with E-state index in [0.717, 1.165) is 37.2 Å². The van der Waals surface area contributed by atoms with Gasteiger partial charge in [-0.1, -0.05) is 0 Å². The molecule has 2 aliphatic heterocycles. The van der Waals surface area contributed by atoms with E-state index in [1.807, 2.05) is 7.05 Å². The number of rotatable bonds is 2. The van der Waals surface area contributed by atoms with Crippen molar-refractivity contribution in [3.05, 3.63) is 23.8 Å². The number of likely N-dealkylation sites (N-methyl/N-ethyl adjacent to an activating group) is 1. The fourth-order valence-electron chi connectivity index (χ4n) is 2.89. The maximum atomic E-state index is 12.8. The molecule has 2 heterocycles. The van der Waals surface area contributed by atoms with Gasteiger partial charge in [0.2, 0.25) is 15.9 Å². The molecule has 0 bridgehead atoms. The van der Waals surface area contributed by atoms with Gasteiger partial charge in [0.05, 0.1) is 4.90 Å². The molecule has 0 radical (unpaired) electrons. The molecule has 0 atom stereocenters. The number of fused-ring (bicyclic) bond motifs is 1. The number of piperazine rings is 1. The maximum absolute atomic E-state index is 12.8. The van der Waals surface area contributed by atoms with Gasteiger partial charge in [-0.2, -0.15) is 4.31 Å². The highest BCUT2D eigenvalue weighted by Crippen LogP contribution is 2.27. The van der Waals surface area contributed by atoms with Crippen LogP contribution in [0.5, 0.6) is 0 Å². The molecule has 120 valence electrons. The van der Waals surface area contributed by atoms with Gasteiger partial charge in [0.15, 0.2) is 0 Å². The highest BCUT2D eigenvalue weighted by Gasteiger charge is 2.28. The summed E-state index contributed by atoms with van der Waals surface area (Å²) >= 11 is 0. The predicted molar refractivity (Wildman–Crippen MR) is 84.3 cm³/mol. The number of nitrogens with zero attached hydrogens (tertiary/aromatic N) is 2.